The Labute approximate surface area is 144 Å². The van der Waals surface area contributed by atoms with Gasteiger partial charge < -0.3 is 10.1 Å². The lowest BCUT2D eigenvalue weighted by Gasteiger charge is -2.17. The number of para-hydroxylation sites is 1. The van der Waals surface area contributed by atoms with Crippen LogP contribution in [-0.2, 0) is 11.3 Å². The summed E-state index contributed by atoms with van der Waals surface area (Å²) in [5.74, 6) is 1.92. The quantitative estimate of drug-likeness (QED) is 0.829. The molecule has 1 fully saturated rings. The smallest absolute Gasteiger partial charge is 0.220 e. The number of rotatable bonds is 7. The van der Waals surface area contributed by atoms with Crippen molar-refractivity contribution in [3.63, 3.8) is 0 Å². The van der Waals surface area contributed by atoms with Crippen LogP contribution in [0, 0.1) is 12.8 Å². The molecule has 1 atom stereocenters. The van der Waals surface area contributed by atoms with Crippen LogP contribution in [0.2, 0.25) is 0 Å². The van der Waals surface area contributed by atoms with Gasteiger partial charge in [0.05, 0.1) is 7.11 Å². The van der Waals surface area contributed by atoms with Crippen LogP contribution in [0.1, 0.15) is 41.9 Å². The summed E-state index contributed by atoms with van der Waals surface area (Å²) in [5, 5.41) is 3.05. The first kappa shape index (κ1) is 16.6. The van der Waals surface area contributed by atoms with Crippen molar-refractivity contribution in [1.29, 1.82) is 0 Å². The molecule has 3 nitrogen and oxygen atoms in total. The van der Waals surface area contributed by atoms with E-state index in [2.05, 4.69) is 36.5 Å². The average Bonchev–Trinajstić information content (AvgIpc) is 3.44. The van der Waals surface area contributed by atoms with Gasteiger partial charge in [-0.15, -0.1) is 0 Å². The fourth-order valence-electron chi connectivity index (χ4n) is 3.18. The number of carbonyl (C=O) groups is 1. The van der Waals surface area contributed by atoms with E-state index in [9.17, 15) is 4.79 Å². The molecule has 2 aromatic carbocycles. The largest absolute Gasteiger partial charge is 0.496 e. The monoisotopic (exact) mass is 323 g/mol. The number of amides is 1. The zero-order valence-corrected chi connectivity index (χ0v) is 14.4. The predicted octanol–water partition coefficient (Wildman–Crippen LogP) is 4.20. The number of methoxy groups -OCH3 is 1. The molecule has 0 aliphatic heterocycles. The van der Waals surface area contributed by atoms with Crippen LogP contribution < -0.4 is 10.1 Å². The SMILES string of the molecule is COc1ccccc1CNC(=O)CC(c1ccc(C)cc1)C1CC1. The van der Waals surface area contributed by atoms with Crippen LogP contribution >= 0.6 is 0 Å². The van der Waals surface area contributed by atoms with Gasteiger partial charge in [-0.05, 0) is 43.2 Å². The van der Waals surface area contributed by atoms with E-state index in [0.717, 1.165) is 11.3 Å². The Bertz CT molecular complexity index is 689. The van der Waals surface area contributed by atoms with Crippen LogP contribution in [-0.4, -0.2) is 13.0 Å². The van der Waals surface area contributed by atoms with E-state index in [1.54, 1.807) is 7.11 Å². The maximum atomic E-state index is 12.4. The second kappa shape index (κ2) is 7.52. The Morgan fingerprint density at radius 1 is 1.17 bits per heavy atom. The molecule has 1 amide bonds. The van der Waals surface area contributed by atoms with Gasteiger partial charge in [-0.25, -0.2) is 0 Å². The third-order valence-electron chi connectivity index (χ3n) is 4.77. The molecule has 126 valence electrons. The number of hydrogen-bond acceptors (Lipinski definition) is 2. The summed E-state index contributed by atoms with van der Waals surface area (Å²) in [5.41, 5.74) is 3.55. The van der Waals surface area contributed by atoms with Gasteiger partial charge in [0.2, 0.25) is 5.91 Å². The molecular formula is C21H25NO2. The van der Waals surface area contributed by atoms with E-state index >= 15 is 0 Å². The third-order valence-corrected chi connectivity index (χ3v) is 4.77. The summed E-state index contributed by atoms with van der Waals surface area (Å²) in [6.45, 7) is 2.60. The average molecular weight is 323 g/mol. The second-order valence-electron chi connectivity index (χ2n) is 6.65. The maximum Gasteiger partial charge on any atom is 0.220 e. The first-order chi connectivity index (χ1) is 11.7. The Balaban J connectivity index is 1.61. The lowest BCUT2D eigenvalue weighted by atomic mass is 9.90. The van der Waals surface area contributed by atoms with E-state index < -0.39 is 0 Å². The Hall–Kier alpha value is -2.29. The van der Waals surface area contributed by atoms with Crippen molar-refractivity contribution in [2.75, 3.05) is 7.11 Å². The number of nitrogens with one attached hydrogen (secondary N) is 1. The molecule has 1 aliphatic rings. The van der Waals surface area contributed by atoms with Crippen molar-refractivity contribution in [3.8, 4) is 5.75 Å². The minimum absolute atomic E-state index is 0.110. The summed E-state index contributed by atoms with van der Waals surface area (Å²) in [7, 11) is 1.65. The highest BCUT2D eigenvalue weighted by molar-refractivity contribution is 5.77. The lowest BCUT2D eigenvalue weighted by Crippen LogP contribution is -2.25. The van der Waals surface area contributed by atoms with Gasteiger partial charge in [0.15, 0.2) is 0 Å². The molecule has 1 N–H and O–H groups in total. The molecule has 3 rings (SSSR count). The molecule has 1 aliphatic carbocycles. The molecule has 0 radical (unpaired) electrons. The highest BCUT2D eigenvalue weighted by Crippen LogP contribution is 2.44. The third kappa shape index (κ3) is 4.16. The fraction of sp³-hybridized carbons (Fsp3) is 0.381. The molecule has 2 aromatic rings. The predicted molar refractivity (Wildman–Crippen MR) is 96.1 cm³/mol. The van der Waals surface area contributed by atoms with Crippen molar-refractivity contribution in [2.45, 2.75) is 38.6 Å². The zero-order valence-electron chi connectivity index (χ0n) is 14.4. The molecule has 0 bridgehead atoms. The van der Waals surface area contributed by atoms with Crippen molar-refractivity contribution < 1.29 is 9.53 Å². The van der Waals surface area contributed by atoms with Crippen molar-refractivity contribution in [3.05, 3.63) is 65.2 Å². The zero-order chi connectivity index (χ0) is 16.9. The molecule has 1 unspecified atom stereocenters. The molecule has 0 spiro atoms. The van der Waals surface area contributed by atoms with Gasteiger partial charge in [0.1, 0.15) is 5.75 Å². The minimum Gasteiger partial charge on any atom is -0.496 e. The van der Waals surface area contributed by atoms with Gasteiger partial charge >= 0.3 is 0 Å². The van der Waals surface area contributed by atoms with E-state index in [4.69, 9.17) is 4.74 Å². The summed E-state index contributed by atoms with van der Waals surface area (Å²) in [6, 6.07) is 16.4. The molecule has 1 saturated carbocycles. The Morgan fingerprint density at radius 2 is 1.88 bits per heavy atom. The van der Waals surface area contributed by atoms with Gasteiger partial charge in [-0.2, -0.15) is 0 Å². The normalized spacial score (nSPS) is 14.9. The molecular weight excluding hydrogens is 298 g/mol. The van der Waals surface area contributed by atoms with E-state index in [1.165, 1.54) is 24.0 Å². The van der Waals surface area contributed by atoms with Crippen molar-refractivity contribution in [1.82, 2.24) is 5.32 Å². The maximum absolute atomic E-state index is 12.4. The summed E-state index contributed by atoms with van der Waals surface area (Å²) >= 11 is 0. The van der Waals surface area contributed by atoms with Crippen molar-refractivity contribution >= 4 is 5.91 Å². The summed E-state index contributed by atoms with van der Waals surface area (Å²) in [4.78, 5) is 12.4. The van der Waals surface area contributed by atoms with E-state index in [0.29, 0.717) is 24.8 Å². The Morgan fingerprint density at radius 3 is 2.54 bits per heavy atom. The highest BCUT2D eigenvalue weighted by Gasteiger charge is 2.33. The molecule has 3 heteroatoms. The van der Waals surface area contributed by atoms with Crippen LogP contribution in [0.15, 0.2) is 48.5 Å². The highest BCUT2D eigenvalue weighted by atomic mass is 16.5. The van der Waals surface area contributed by atoms with E-state index in [-0.39, 0.29) is 5.91 Å². The summed E-state index contributed by atoms with van der Waals surface area (Å²) in [6.07, 6.45) is 3.03. The van der Waals surface area contributed by atoms with E-state index in [1.807, 2.05) is 24.3 Å². The topological polar surface area (TPSA) is 38.3 Å². The second-order valence-corrected chi connectivity index (χ2v) is 6.65. The van der Waals surface area contributed by atoms with Gasteiger partial charge in [-0.1, -0.05) is 48.0 Å². The van der Waals surface area contributed by atoms with Crippen molar-refractivity contribution in [2.24, 2.45) is 5.92 Å². The first-order valence-corrected chi connectivity index (χ1v) is 8.62. The molecule has 0 aromatic heterocycles. The standard InChI is InChI=1S/C21H25NO2/c1-15-7-9-16(10-8-15)19(17-11-12-17)13-21(23)22-14-18-5-3-4-6-20(18)24-2/h3-10,17,19H,11-14H2,1-2H3,(H,22,23). The first-order valence-electron chi connectivity index (χ1n) is 8.62. The van der Waals surface area contributed by atoms with Gasteiger partial charge in [-0.3, -0.25) is 4.79 Å². The summed E-state index contributed by atoms with van der Waals surface area (Å²) < 4.78 is 5.34. The number of benzene rings is 2. The molecule has 24 heavy (non-hydrogen) atoms. The van der Waals surface area contributed by atoms with Crippen LogP contribution in [0.25, 0.3) is 0 Å². The van der Waals surface area contributed by atoms with Crippen LogP contribution in [0.4, 0.5) is 0 Å². The molecule has 0 saturated heterocycles. The van der Waals surface area contributed by atoms with Crippen LogP contribution in [0.3, 0.4) is 0 Å². The number of ether oxygens (including phenoxy) is 1. The lowest BCUT2D eigenvalue weighted by molar-refractivity contribution is -0.121. The number of carbonyl (C=O) groups excluding carboxylic acids is 1. The number of aryl methyl sites for hydroxylation is 1. The molecule has 0 heterocycles. The Kier molecular flexibility index (Phi) is 5.19. The van der Waals surface area contributed by atoms with Gasteiger partial charge in [0.25, 0.3) is 0 Å². The number of hydrogen-bond donors (Lipinski definition) is 1. The fourth-order valence-corrected chi connectivity index (χ4v) is 3.18. The minimum atomic E-state index is 0.110. The van der Waals surface area contributed by atoms with Crippen LogP contribution in [0.5, 0.6) is 5.75 Å². The van der Waals surface area contributed by atoms with Gasteiger partial charge in [0, 0.05) is 18.5 Å².